The zero-order valence-corrected chi connectivity index (χ0v) is 6.71. The summed E-state index contributed by atoms with van der Waals surface area (Å²) in [5.74, 6) is -1.04. The van der Waals surface area contributed by atoms with Gasteiger partial charge in [0, 0.05) is 18.0 Å². The summed E-state index contributed by atoms with van der Waals surface area (Å²) in [5.41, 5.74) is 0.605. The molecule has 5 nitrogen and oxygen atoms in total. The summed E-state index contributed by atoms with van der Waals surface area (Å²) >= 11 is 0. The van der Waals surface area contributed by atoms with Crippen molar-refractivity contribution in [2.75, 3.05) is 0 Å². The number of aliphatic carboxylic acids is 1. The Balaban J connectivity index is 2.86. The molecule has 0 aliphatic heterocycles. The highest BCUT2D eigenvalue weighted by molar-refractivity contribution is 6.08. The minimum atomic E-state index is -1.04. The Morgan fingerprint density at radius 2 is 2.38 bits per heavy atom. The average molecular weight is 180 g/mol. The molecule has 2 N–H and O–H groups in total. The summed E-state index contributed by atoms with van der Waals surface area (Å²) in [6, 6.07) is 3.27. The largest absolute Gasteiger partial charge is 0.481 e. The Hall–Kier alpha value is -1.91. The van der Waals surface area contributed by atoms with Crippen LogP contribution in [-0.2, 0) is 4.79 Å². The van der Waals surface area contributed by atoms with Gasteiger partial charge in [-0.1, -0.05) is 5.16 Å². The molecule has 0 unspecified atom stereocenters. The number of oxime groups is 1. The van der Waals surface area contributed by atoms with Gasteiger partial charge in [0.2, 0.25) is 0 Å². The number of pyridine rings is 1. The van der Waals surface area contributed by atoms with E-state index in [1.165, 1.54) is 6.20 Å². The second kappa shape index (κ2) is 4.20. The highest BCUT2D eigenvalue weighted by atomic mass is 16.4. The molecule has 68 valence electrons. The van der Waals surface area contributed by atoms with Gasteiger partial charge < -0.3 is 10.3 Å². The molecule has 0 spiro atoms. The van der Waals surface area contributed by atoms with Crippen LogP contribution in [0, 0.1) is 0 Å². The van der Waals surface area contributed by atoms with Crippen LogP contribution in [0.1, 0.15) is 12.0 Å². The van der Waals surface area contributed by atoms with Crippen LogP contribution >= 0.6 is 0 Å². The van der Waals surface area contributed by atoms with Gasteiger partial charge in [-0.2, -0.15) is 0 Å². The Kier molecular flexibility index (Phi) is 2.97. The van der Waals surface area contributed by atoms with Crippen LogP contribution in [-0.4, -0.2) is 27.0 Å². The summed E-state index contributed by atoms with van der Waals surface area (Å²) in [4.78, 5) is 14.1. The van der Waals surface area contributed by atoms with Crippen molar-refractivity contribution in [2.45, 2.75) is 6.42 Å². The predicted molar refractivity (Wildman–Crippen MR) is 44.8 cm³/mol. The van der Waals surface area contributed by atoms with Gasteiger partial charge in [-0.05, 0) is 12.1 Å². The number of aromatic nitrogens is 1. The number of rotatable bonds is 3. The van der Waals surface area contributed by atoms with E-state index in [4.69, 9.17) is 10.3 Å². The topological polar surface area (TPSA) is 82.8 Å². The maximum absolute atomic E-state index is 10.3. The smallest absolute Gasteiger partial charge is 0.309 e. The zero-order valence-electron chi connectivity index (χ0n) is 6.71. The SMILES string of the molecule is O=C(O)C/C(=N/O)c1cccnc1. The Labute approximate surface area is 74.3 Å². The molecule has 1 aromatic rings. The van der Waals surface area contributed by atoms with Crippen molar-refractivity contribution < 1.29 is 15.1 Å². The molecule has 0 fully saturated rings. The molecule has 1 rings (SSSR count). The zero-order chi connectivity index (χ0) is 9.68. The van der Waals surface area contributed by atoms with E-state index in [1.54, 1.807) is 18.3 Å². The molecule has 5 heteroatoms. The first-order chi connectivity index (χ1) is 6.24. The minimum absolute atomic E-state index is 0.0978. The van der Waals surface area contributed by atoms with Crippen molar-refractivity contribution in [1.82, 2.24) is 4.98 Å². The van der Waals surface area contributed by atoms with Crippen molar-refractivity contribution in [2.24, 2.45) is 5.16 Å². The van der Waals surface area contributed by atoms with Gasteiger partial charge in [-0.25, -0.2) is 0 Å². The molecule has 0 radical (unpaired) electrons. The molecule has 0 saturated heterocycles. The molecule has 0 aliphatic carbocycles. The summed E-state index contributed by atoms with van der Waals surface area (Å²) in [6.07, 6.45) is 2.68. The summed E-state index contributed by atoms with van der Waals surface area (Å²) in [7, 11) is 0. The molecular formula is C8H8N2O3. The van der Waals surface area contributed by atoms with Gasteiger partial charge in [0.05, 0.1) is 12.1 Å². The lowest BCUT2D eigenvalue weighted by molar-refractivity contribution is -0.135. The highest BCUT2D eigenvalue weighted by Crippen LogP contribution is 2.02. The van der Waals surface area contributed by atoms with Crippen LogP contribution in [0.4, 0.5) is 0 Å². The van der Waals surface area contributed by atoms with E-state index in [2.05, 4.69) is 10.1 Å². The maximum Gasteiger partial charge on any atom is 0.309 e. The molecule has 0 bridgehead atoms. The normalized spacial score (nSPS) is 11.2. The number of carboxylic acid groups (broad SMARTS) is 1. The lowest BCUT2D eigenvalue weighted by Gasteiger charge is -1.99. The van der Waals surface area contributed by atoms with Gasteiger partial charge in [-0.15, -0.1) is 0 Å². The quantitative estimate of drug-likeness (QED) is 0.408. The average Bonchev–Trinajstić information content (AvgIpc) is 2.15. The first-order valence-electron chi connectivity index (χ1n) is 3.57. The standard InChI is InChI=1S/C8H8N2O3/c11-8(12)4-7(10-13)6-2-1-3-9-5-6/h1-3,5,13H,4H2,(H,11,12)/b10-7-. The third-order valence-corrected chi connectivity index (χ3v) is 1.43. The molecule has 1 heterocycles. The van der Waals surface area contributed by atoms with Crippen LogP contribution in [0.15, 0.2) is 29.7 Å². The van der Waals surface area contributed by atoms with Crippen LogP contribution in [0.25, 0.3) is 0 Å². The number of hydrogen-bond donors (Lipinski definition) is 2. The van der Waals surface area contributed by atoms with E-state index in [-0.39, 0.29) is 12.1 Å². The van der Waals surface area contributed by atoms with Gasteiger partial charge in [-0.3, -0.25) is 9.78 Å². The fourth-order valence-corrected chi connectivity index (χ4v) is 0.872. The van der Waals surface area contributed by atoms with E-state index >= 15 is 0 Å². The lowest BCUT2D eigenvalue weighted by Crippen LogP contribution is -2.08. The Bertz CT molecular complexity index is 321. The van der Waals surface area contributed by atoms with Crippen LogP contribution in [0.5, 0.6) is 0 Å². The maximum atomic E-state index is 10.3. The van der Waals surface area contributed by atoms with E-state index in [0.717, 1.165) is 0 Å². The van der Waals surface area contributed by atoms with Gasteiger partial charge >= 0.3 is 5.97 Å². The lowest BCUT2D eigenvalue weighted by atomic mass is 10.1. The monoisotopic (exact) mass is 180 g/mol. The van der Waals surface area contributed by atoms with Gasteiger partial charge in [0.1, 0.15) is 0 Å². The van der Waals surface area contributed by atoms with Crippen molar-refractivity contribution in [3.8, 4) is 0 Å². The molecule has 0 aliphatic rings. The first-order valence-corrected chi connectivity index (χ1v) is 3.57. The third kappa shape index (κ3) is 2.55. The molecule has 0 saturated carbocycles. The minimum Gasteiger partial charge on any atom is -0.481 e. The van der Waals surface area contributed by atoms with Crippen molar-refractivity contribution in [3.05, 3.63) is 30.1 Å². The van der Waals surface area contributed by atoms with Gasteiger partial charge in [0.15, 0.2) is 0 Å². The summed E-state index contributed by atoms with van der Waals surface area (Å²) in [5, 5.41) is 19.9. The number of hydrogen-bond acceptors (Lipinski definition) is 4. The Morgan fingerprint density at radius 1 is 1.62 bits per heavy atom. The number of nitrogens with zero attached hydrogens (tertiary/aromatic N) is 2. The molecule has 0 amide bonds. The second-order valence-electron chi connectivity index (χ2n) is 2.36. The predicted octanol–water partition coefficient (Wildman–Crippen LogP) is 0.735. The van der Waals surface area contributed by atoms with Crippen molar-refractivity contribution >= 4 is 11.7 Å². The highest BCUT2D eigenvalue weighted by Gasteiger charge is 2.08. The van der Waals surface area contributed by atoms with Crippen molar-refractivity contribution in [3.63, 3.8) is 0 Å². The van der Waals surface area contributed by atoms with E-state index in [0.29, 0.717) is 5.56 Å². The van der Waals surface area contributed by atoms with E-state index in [1.807, 2.05) is 0 Å². The summed E-state index contributed by atoms with van der Waals surface area (Å²) < 4.78 is 0. The molecule has 13 heavy (non-hydrogen) atoms. The Morgan fingerprint density at radius 3 is 2.85 bits per heavy atom. The molecule has 1 aromatic heterocycles. The molecule has 0 atom stereocenters. The summed E-state index contributed by atoms with van der Waals surface area (Å²) in [6.45, 7) is 0. The fraction of sp³-hybridized carbons (Fsp3) is 0.125. The van der Waals surface area contributed by atoms with E-state index < -0.39 is 5.97 Å². The number of carbonyl (C=O) groups is 1. The van der Waals surface area contributed by atoms with Crippen LogP contribution in [0.3, 0.4) is 0 Å². The van der Waals surface area contributed by atoms with E-state index in [9.17, 15) is 4.79 Å². The third-order valence-electron chi connectivity index (χ3n) is 1.43. The fourth-order valence-electron chi connectivity index (χ4n) is 0.872. The number of carboxylic acids is 1. The van der Waals surface area contributed by atoms with Gasteiger partial charge in [0.25, 0.3) is 0 Å². The second-order valence-corrected chi connectivity index (χ2v) is 2.36. The molecular weight excluding hydrogens is 172 g/mol. The molecule has 0 aromatic carbocycles. The van der Waals surface area contributed by atoms with Crippen LogP contribution < -0.4 is 0 Å². The van der Waals surface area contributed by atoms with Crippen molar-refractivity contribution in [1.29, 1.82) is 0 Å². The van der Waals surface area contributed by atoms with Crippen LogP contribution in [0.2, 0.25) is 0 Å². The first kappa shape index (κ1) is 9.18.